The number of rotatable bonds is 5. The third-order valence-corrected chi connectivity index (χ3v) is 2.93. The molecule has 0 aromatic heterocycles. The molecule has 0 saturated carbocycles. The maximum atomic E-state index is 11.8. The minimum Gasteiger partial charge on any atom is -0.444 e. The van der Waals surface area contributed by atoms with Crippen LogP contribution in [0.15, 0.2) is 24.3 Å². The van der Waals surface area contributed by atoms with Crippen LogP contribution < -0.4 is 10.0 Å². The van der Waals surface area contributed by atoms with E-state index in [1.54, 1.807) is 20.8 Å². The number of nitrogens with one attached hydrogen (secondary N) is 2. The van der Waals surface area contributed by atoms with Crippen molar-refractivity contribution in [1.29, 1.82) is 0 Å². The van der Waals surface area contributed by atoms with Gasteiger partial charge in [-0.25, -0.2) is 4.79 Å². The molecule has 0 saturated heterocycles. The Morgan fingerprint density at radius 2 is 1.87 bits per heavy atom. The normalized spacial score (nSPS) is 12.2. The highest BCUT2D eigenvalue weighted by Crippen LogP contribution is 2.14. The number of carbonyl (C=O) groups excluding carboxylic acids is 2. The highest BCUT2D eigenvalue weighted by Gasteiger charge is 2.24. The average Bonchev–Trinajstić information content (AvgIpc) is 2.44. The summed E-state index contributed by atoms with van der Waals surface area (Å²) >= 11 is 3.69. The summed E-state index contributed by atoms with van der Waals surface area (Å²) in [5.41, 5.74) is -0.1000. The number of nitrogens with zero attached hydrogens (tertiary/aromatic N) is 1. The Morgan fingerprint density at radius 3 is 2.30 bits per heavy atom. The topological polar surface area (TPSA) is 111 Å². The molecule has 1 aromatic rings. The Morgan fingerprint density at radius 1 is 1.30 bits per heavy atom. The first kappa shape index (κ1) is 18.8. The van der Waals surface area contributed by atoms with Gasteiger partial charge in [0.25, 0.3) is 11.6 Å². The maximum absolute atomic E-state index is 11.8. The van der Waals surface area contributed by atoms with E-state index in [1.807, 2.05) is 0 Å². The Kier molecular flexibility index (Phi) is 6.38. The first-order valence-electron chi connectivity index (χ1n) is 6.79. The van der Waals surface area contributed by atoms with Crippen molar-refractivity contribution in [2.75, 3.05) is 0 Å². The van der Waals surface area contributed by atoms with Gasteiger partial charge in [0.1, 0.15) is 11.6 Å². The van der Waals surface area contributed by atoms with Crippen LogP contribution in [0.2, 0.25) is 0 Å². The summed E-state index contributed by atoms with van der Waals surface area (Å²) in [5.74, 6) is -0.516. The number of carbonyl (C=O) groups is 2. The lowest BCUT2D eigenvalue weighted by molar-refractivity contribution is -0.384. The maximum Gasteiger partial charge on any atom is 0.408 e. The molecule has 0 heterocycles. The number of non-ortho nitro benzene ring substituents is 1. The van der Waals surface area contributed by atoms with Crippen LogP contribution in [0.4, 0.5) is 10.5 Å². The first-order valence-corrected chi connectivity index (χ1v) is 7.24. The van der Waals surface area contributed by atoms with Gasteiger partial charge in [-0.15, -0.1) is 0 Å². The standard InChI is InChI=1S/C14H19N3O5S/c1-14(2,3)22-13(19)15-11(12(18)16-23)8-9-4-6-10(7-5-9)17(20)21/h4-7,11,23H,8H2,1-3H3,(H,15,19)(H,16,18). The monoisotopic (exact) mass is 341 g/mol. The van der Waals surface area contributed by atoms with E-state index in [9.17, 15) is 19.7 Å². The van der Waals surface area contributed by atoms with Crippen LogP contribution >= 0.6 is 12.8 Å². The van der Waals surface area contributed by atoms with E-state index in [0.717, 1.165) is 0 Å². The number of alkyl carbamates (subject to hydrolysis) is 1. The molecule has 1 atom stereocenters. The van der Waals surface area contributed by atoms with Crippen molar-refractivity contribution in [3.8, 4) is 0 Å². The molecule has 1 unspecified atom stereocenters. The van der Waals surface area contributed by atoms with Gasteiger partial charge in [-0.05, 0) is 26.3 Å². The fourth-order valence-corrected chi connectivity index (χ4v) is 1.88. The molecular weight excluding hydrogens is 322 g/mol. The smallest absolute Gasteiger partial charge is 0.408 e. The quantitative estimate of drug-likeness (QED) is 0.431. The lowest BCUT2D eigenvalue weighted by Crippen LogP contribution is -2.47. The molecule has 2 amide bonds. The largest absolute Gasteiger partial charge is 0.444 e. The second kappa shape index (κ2) is 7.82. The highest BCUT2D eigenvalue weighted by atomic mass is 32.1. The summed E-state index contributed by atoms with van der Waals surface area (Å²) < 4.78 is 7.27. The van der Waals surface area contributed by atoms with Crippen LogP contribution in [0.1, 0.15) is 26.3 Å². The fourth-order valence-electron chi connectivity index (χ4n) is 1.73. The summed E-state index contributed by atoms with van der Waals surface area (Å²) in [5, 5.41) is 13.1. The van der Waals surface area contributed by atoms with Crippen LogP contribution in [0, 0.1) is 10.1 Å². The number of nitro benzene ring substituents is 1. The van der Waals surface area contributed by atoms with E-state index in [4.69, 9.17) is 4.74 Å². The number of amides is 2. The molecule has 1 rings (SSSR count). The lowest BCUT2D eigenvalue weighted by Gasteiger charge is -2.22. The van der Waals surface area contributed by atoms with E-state index >= 15 is 0 Å². The van der Waals surface area contributed by atoms with Crippen LogP contribution in [0.3, 0.4) is 0 Å². The minimum atomic E-state index is -0.913. The molecule has 0 fully saturated rings. The third kappa shape index (κ3) is 6.55. The van der Waals surface area contributed by atoms with E-state index in [2.05, 4.69) is 22.9 Å². The molecule has 0 aliphatic rings. The summed E-state index contributed by atoms with van der Waals surface area (Å²) in [7, 11) is 0. The number of hydrogen-bond acceptors (Lipinski definition) is 6. The van der Waals surface area contributed by atoms with Crippen molar-refractivity contribution in [3.05, 3.63) is 39.9 Å². The molecule has 9 heteroatoms. The van der Waals surface area contributed by atoms with Crippen molar-refractivity contribution in [2.45, 2.75) is 38.8 Å². The van der Waals surface area contributed by atoms with Gasteiger partial charge in [0.2, 0.25) is 0 Å². The second-order valence-electron chi connectivity index (χ2n) is 5.80. The average molecular weight is 341 g/mol. The molecule has 126 valence electrons. The van der Waals surface area contributed by atoms with E-state index in [1.165, 1.54) is 24.3 Å². The third-order valence-electron chi connectivity index (χ3n) is 2.70. The zero-order chi connectivity index (χ0) is 17.6. The zero-order valence-corrected chi connectivity index (χ0v) is 13.9. The SMILES string of the molecule is CC(C)(C)OC(=O)NC(Cc1ccc([N+](=O)[O-])cc1)C(=O)NS. The van der Waals surface area contributed by atoms with Gasteiger partial charge in [0.15, 0.2) is 0 Å². The number of ether oxygens (including phenoxy) is 1. The van der Waals surface area contributed by atoms with Crippen molar-refractivity contribution >= 4 is 30.5 Å². The molecule has 23 heavy (non-hydrogen) atoms. The van der Waals surface area contributed by atoms with Crippen molar-refractivity contribution in [3.63, 3.8) is 0 Å². The predicted octanol–water partition coefficient (Wildman–Crippen LogP) is 1.99. The van der Waals surface area contributed by atoms with Crippen molar-refractivity contribution < 1.29 is 19.2 Å². The Bertz CT molecular complexity index is 583. The molecular formula is C14H19N3O5S. The minimum absolute atomic E-state index is 0.0518. The highest BCUT2D eigenvalue weighted by molar-refractivity contribution is 7.78. The Hall–Kier alpha value is -2.29. The van der Waals surface area contributed by atoms with Crippen molar-refractivity contribution in [1.82, 2.24) is 10.0 Å². The number of thiol groups is 1. The molecule has 0 bridgehead atoms. The Balaban J connectivity index is 2.80. The molecule has 2 N–H and O–H groups in total. The van der Waals surface area contributed by atoms with E-state index in [0.29, 0.717) is 5.56 Å². The van der Waals surface area contributed by atoms with Gasteiger partial charge in [0, 0.05) is 18.6 Å². The van der Waals surface area contributed by atoms with Crippen LogP contribution in [-0.2, 0) is 16.0 Å². The van der Waals surface area contributed by atoms with Crippen LogP contribution in [0.25, 0.3) is 0 Å². The summed E-state index contributed by atoms with van der Waals surface area (Å²) in [6, 6.07) is 4.79. The number of benzene rings is 1. The summed E-state index contributed by atoms with van der Waals surface area (Å²) in [6.07, 6.45) is -0.592. The van der Waals surface area contributed by atoms with Gasteiger partial charge in [-0.3, -0.25) is 14.9 Å². The Labute approximate surface area is 139 Å². The van der Waals surface area contributed by atoms with E-state index < -0.39 is 28.6 Å². The number of nitro groups is 1. The molecule has 0 spiro atoms. The molecule has 1 aromatic carbocycles. The predicted molar refractivity (Wildman–Crippen MR) is 87.1 cm³/mol. The van der Waals surface area contributed by atoms with Gasteiger partial charge in [-0.1, -0.05) is 24.9 Å². The fraction of sp³-hybridized carbons (Fsp3) is 0.429. The second-order valence-corrected chi connectivity index (χ2v) is 6.03. The molecule has 0 aliphatic heterocycles. The van der Waals surface area contributed by atoms with Crippen LogP contribution in [-0.4, -0.2) is 28.6 Å². The van der Waals surface area contributed by atoms with Gasteiger partial charge in [0.05, 0.1) is 4.92 Å². The van der Waals surface area contributed by atoms with Gasteiger partial charge >= 0.3 is 6.09 Å². The van der Waals surface area contributed by atoms with Gasteiger partial charge in [-0.2, -0.15) is 0 Å². The zero-order valence-electron chi connectivity index (χ0n) is 13.0. The molecule has 0 aliphatic carbocycles. The summed E-state index contributed by atoms with van der Waals surface area (Å²) in [6.45, 7) is 5.11. The lowest BCUT2D eigenvalue weighted by atomic mass is 10.1. The number of hydrogen-bond donors (Lipinski definition) is 3. The van der Waals surface area contributed by atoms with E-state index in [-0.39, 0.29) is 12.1 Å². The van der Waals surface area contributed by atoms with Crippen LogP contribution in [0.5, 0.6) is 0 Å². The summed E-state index contributed by atoms with van der Waals surface area (Å²) in [4.78, 5) is 33.7. The molecule has 8 nitrogen and oxygen atoms in total. The first-order chi connectivity index (χ1) is 10.6. The molecule has 0 radical (unpaired) electrons. The van der Waals surface area contributed by atoms with Gasteiger partial charge < -0.3 is 14.8 Å². The van der Waals surface area contributed by atoms with Crippen molar-refractivity contribution in [2.24, 2.45) is 0 Å².